The quantitative estimate of drug-likeness (QED) is 0.782. The molecule has 0 saturated carbocycles. The highest BCUT2D eigenvalue weighted by Crippen LogP contribution is 2.33. The lowest BCUT2D eigenvalue weighted by Gasteiger charge is -2.18. The molecule has 1 aliphatic heterocycles. The lowest BCUT2D eigenvalue weighted by Crippen LogP contribution is -2.17. The first kappa shape index (κ1) is 13.9. The molecule has 1 fully saturated rings. The highest BCUT2D eigenvalue weighted by Gasteiger charge is 2.14. The number of nitrogens with one attached hydrogen (secondary N) is 1. The Labute approximate surface area is 135 Å². The third-order valence-corrected chi connectivity index (χ3v) is 4.11. The first-order valence-corrected chi connectivity index (χ1v) is 7.93. The molecule has 23 heavy (non-hydrogen) atoms. The Balaban J connectivity index is 1.62. The van der Waals surface area contributed by atoms with Crippen LogP contribution in [0.2, 0.25) is 0 Å². The zero-order chi connectivity index (χ0) is 15.5. The van der Waals surface area contributed by atoms with Gasteiger partial charge in [0, 0.05) is 42.7 Å². The van der Waals surface area contributed by atoms with Crippen LogP contribution in [0.5, 0.6) is 11.5 Å². The summed E-state index contributed by atoms with van der Waals surface area (Å²) in [4.78, 5) is 9.69. The van der Waals surface area contributed by atoms with Crippen LogP contribution in [0.15, 0.2) is 55.0 Å². The van der Waals surface area contributed by atoms with E-state index in [1.54, 1.807) is 6.33 Å². The number of rotatable bonds is 4. The van der Waals surface area contributed by atoms with Crippen LogP contribution in [0.3, 0.4) is 0 Å². The SMILES string of the molecule is [c]1ccc(N2CCCC2)cc1Oc1ccccc1-c1c[nH]cn1. The van der Waals surface area contributed by atoms with Gasteiger partial charge in [-0.1, -0.05) is 12.1 Å². The maximum absolute atomic E-state index is 6.10. The van der Waals surface area contributed by atoms with E-state index in [-0.39, 0.29) is 0 Å². The molecule has 2 heterocycles. The number of aromatic nitrogens is 2. The van der Waals surface area contributed by atoms with Gasteiger partial charge in [-0.05, 0) is 37.1 Å². The van der Waals surface area contributed by atoms with Crippen molar-refractivity contribution in [1.82, 2.24) is 9.97 Å². The highest BCUT2D eigenvalue weighted by molar-refractivity contribution is 5.67. The number of ether oxygens (including phenoxy) is 1. The second kappa shape index (κ2) is 6.16. The maximum atomic E-state index is 6.10. The molecule has 115 valence electrons. The molecule has 1 N–H and O–H groups in total. The Hall–Kier alpha value is -2.75. The first-order chi connectivity index (χ1) is 11.4. The van der Waals surface area contributed by atoms with Gasteiger partial charge in [-0.2, -0.15) is 0 Å². The van der Waals surface area contributed by atoms with Crippen molar-refractivity contribution < 1.29 is 4.74 Å². The van der Waals surface area contributed by atoms with Gasteiger partial charge in [0.1, 0.15) is 11.5 Å². The molecule has 1 saturated heterocycles. The third kappa shape index (κ3) is 2.93. The minimum Gasteiger partial charge on any atom is -0.456 e. The zero-order valence-corrected chi connectivity index (χ0v) is 12.8. The minimum atomic E-state index is 0.734. The van der Waals surface area contributed by atoms with Gasteiger partial charge in [-0.15, -0.1) is 0 Å². The standard InChI is InChI=1S/C19H18N3O/c1-2-9-19(17(8-1)18-13-20-14-21-18)23-16-7-5-6-15(12-16)22-10-3-4-11-22/h1-2,5-6,8-9,12-14H,3-4,10-11H2,(H,20,21). The number of aromatic amines is 1. The molecule has 4 nitrogen and oxygen atoms in total. The predicted octanol–water partition coefficient (Wildman–Crippen LogP) is 4.27. The van der Waals surface area contributed by atoms with Gasteiger partial charge >= 0.3 is 0 Å². The van der Waals surface area contributed by atoms with Crippen molar-refractivity contribution in [1.29, 1.82) is 0 Å². The summed E-state index contributed by atoms with van der Waals surface area (Å²) in [6.07, 6.45) is 6.06. The summed E-state index contributed by atoms with van der Waals surface area (Å²) in [5.74, 6) is 1.52. The molecular formula is C19H18N3O. The summed E-state index contributed by atoms with van der Waals surface area (Å²) in [6.45, 7) is 2.24. The molecule has 0 amide bonds. The van der Waals surface area contributed by atoms with Gasteiger partial charge in [0.25, 0.3) is 0 Å². The summed E-state index contributed by atoms with van der Waals surface area (Å²) < 4.78 is 6.10. The monoisotopic (exact) mass is 304 g/mol. The van der Waals surface area contributed by atoms with Crippen molar-refractivity contribution in [2.75, 3.05) is 18.0 Å². The first-order valence-electron chi connectivity index (χ1n) is 7.93. The van der Waals surface area contributed by atoms with Crippen LogP contribution >= 0.6 is 0 Å². The van der Waals surface area contributed by atoms with Crippen molar-refractivity contribution in [3.63, 3.8) is 0 Å². The van der Waals surface area contributed by atoms with E-state index in [0.717, 1.165) is 35.8 Å². The van der Waals surface area contributed by atoms with E-state index in [0.29, 0.717) is 0 Å². The summed E-state index contributed by atoms with van der Waals surface area (Å²) in [5.41, 5.74) is 3.04. The van der Waals surface area contributed by atoms with Gasteiger partial charge in [-0.25, -0.2) is 4.98 Å². The van der Waals surface area contributed by atoms with Gasteiger partial charge in [0.05, 0.1) is 12.0 Å². The van der Waals surface area contributed by atoms with Gasteiger partial charge in [0.15, 0.2) is 0 Å². The van der Waals surface area contributed by atoms with E-state index >= 15 is 0 Å². The molecule has 0 bridgehead atoms. The number of hydrogen-bond acceptors (Lipinski definition) is 3. The van der Waals surface area contributed by atoms with E-state index < -0.39 is 0 Å². The smallest absolute Gasteiger partial charge is 0.137 e. The van der Waals surface area contributed by atoms with E-state index in [4.69, 9.17) is 4.74 Å². The van der Waals surface area contributed by atoms with Crippen LogP contribution in [-0.4, -0.2) is 23.1 Å². The minimum absolute atomic E-state index is 0.734. The Bertz CT molecular complexity index is 777. The van der Waals surface area contributed by atoms with E-state index in [9.17, 15) is 0 Å². The molecule has 2 aromatic carbocycles. The normalized spacial score (nSPS) is 14.2. The molecule has 4 rings (SSSR count). The number of nitrogens with zero attached hydrogens (tertiary/aromatic N) is 2. The molecule has 0 atom stereocenters. The summed E-state index contributed by atoms with van der Waals surface area (Å²) in [7, 11) is 0. The molecule has 1 aromatic heterocycles. The maximum Gasteiger partial charge on any atom is 0.137 e. The topological polar surface area (TPSA) is 41.1 Å². The molecular weight excluding hydrogens is 286 g/mol. The van der Waals surface area contributed by atoms with Crippen molar-refractivity contribution in [3.05, 3.63) is 61.1 Å². The molecule has 1 radical (unpaired) electrons. The second-order valence-corrected chi connectivity index (χ2v) is 5.66. The van der Waals surface area contributed by atoms with Crippen molar-refractivity contribution >= 4 is 5.69 Å². The second-order valence-electron chi connectivity index (χ2n) is 5.66. The average Bonchev–Trinajstić information content (AvgIpc) is 3.30. The molecule has 0 spiro atoms. The Morgan fingerprint density at radius 1 is 1.13 bits per heavy atom. The number of benzene rings is 2. The molecule has 0 unspecified atom stereocenters. The highest BCUT2D eigenvalue weighted by atomic mass is 16.5. The van der Waals surface area contributed by atoms with Crippen molar-refractivity contribution in [2.45, 2.75) is 12.8 Å². The van der Waals surface area contributed by atoms with Crippen LogP contribution in [0.4, 0.5) is 5.69 Å². The van der Waals surface area contributed by atoms with Gasteiger partial charge < -0.3 is 14.6 Å². The molecule has 1 aliphatic rings. The Kier molecular flexibility index (Phi) is 3.72. The van der Waals surface area contributed by atoms with Crippen LogP contribution in [-0.2, 0) is 0 Å². The largest absolute Gasteiger partial charge is 0.456 e. The van der Waals surface area contributed by atoms with Crippen LogP contribution in [0.25, 0.3) is 11.3 Å². The summed E-state index contributed by atoms with van der Waals surface area (Å²) in [5, 5.41) is 0. The lowest BCUT2D eigenvalue weighted by molar-refractivity contribution is 0.483. The number of imidazole rings is 1. The molecule has 0 aliphatic carbocycles. The Morgan fingerprint density at radius 2 is 2.00 bits per heavy atom. The zero-order valence-electron chi connectivity index (χ0n) is 12.8. The van der Waals surface area contributed by atoms with E-state index in [2.05, 4.69) is 33.1 Å². The van der Waals surface area contributed by atoms with Crippen LogP contribution in [0.1, 0.15) is 12.8 Å². The number of anilines is 1. The predicted molar refractivity (Wildman–Crippen MR) is 90.8 cm³/mol. The van der Waals surface area contributed by atoms with Gasteiger partial charge in [0.2, 0.25) is 0 Å². The fourth-order valence-corrected chi connectivity index (χ4v) is 2.96. The summed E-state index contributed by atoms with van der Waals surface area (Å²) >= 11 is 0. The van der Waals surface area contributed by atoms with Gasteiger partial charge in [-0.3, -0.25) is 0 Å². The average molecular weight is 304 g/mol. The number of para-hydroxylation sites is 1. The van der Waals surface area contributed by atoms with Crippen LogP contribution in [0, 0.1) is 6.07 Å². The third-order valence-electron chi connectivity index (χ3n) is 4.11. The summed E-state index contributed by atoms with van der Waals surface area (Å²) in [6, 6.07) is 17.2. The van der Waals surface area contributed by atoms with Crippen molar-refractivity contribution in [3.8, 4) is 22.8 Å². The lowest BCUT2D eigenvalue weighted by atomic mass is 10.1. The number of hydrogen-bond donors (Lipinski definition) is 1. The Morgan fingerprint density at radius 3 is 2.83 bits per heavy atom. The fraction of sp³-hybridized carbons (Fsp3) is 0.211. The molecule has 3 aromatic rings. The molecule has 4 heteroatoms. The number of H-pyrrole nitrogens is 1. The van der Waals surface area contributed by atoms with E-state index in [1.165, 1.54) is 18.5 Å². The fourth-order valence-electron chi connectivity index (χ4n) is 2.96. The van der Waals surface area contributed by atoms with Crippen molar-refractivity contribution in [2.24, 2.45) is 0 Å². The van der Waals surface area contributed by atoms with E-state index in [1.807, 2.05) is 36.5 Å². The van der Waals surface area contributed by atoms with Crippen LogP contribution < -0.4 is 9.64 Å².